The van der Waals surface area contributed by atoms with Crippen LogP contribution in [0.15, 0.2) is 60.7 Å². The van der Waals surface area contributed by atoms with E-state index in [1.54, 1.807) is 0 Å². The third-order valence-corrected chi connectivity index (χ3v) is 2.98. The first-order chi connectivity index (χ1) is 9.38. The Balaban J connectivity index is 1.99. The fourth-order valence-corrected chi connectivity index (χ4v) is 2.06. The SMILES string of the molecule is FOCCN(Cc1ccccc1)Cc1ccccc1. The lowest BCUT2D eigenvalue weighted by molar-refractivity contribution is -0.137. The molecule has 0 aliphatic carbocycles. The van der Waals surface area contributed by atoms with Gasteiger partial charge in [-0.1, -0.05) is 60.7 Å². The molecule has 0 aromatic heterocycles. The van der Waals surface area contributed by atoms with E-state index in [1.165, 1.54) is 11.1 Å². The van der Waals surface area contributed by atoms with Gasteiger partial charge in [-0.05, 0) is 15.7 Å². The highest BCUT2D eigenvalue weighted by molar-refractivity contribution is 5.17. The molecule has 0 aliphatic heterocycles. The van der Waals surface area contributed by atoms with Crippen LogP contribution < -0.4 is 0 Å². The first-order valence-corrected chi connectivity index (χ1v) is 6.42. The Morgan fingerprint density at radius 1 is 0.789 bits per heavy atom. The molecule has 2 rings (SSSR count). The van der Waals surface area contributed by atoms with Crippen molar-refractivity contribution in [2.45, 2.75) is 13.1 Å². The predicted octanol–water partition coefficient (Wildman–Crippen LogP) is 3.59. The number of halogens is 1. The largest absolute Gasteiger partial charge is 0.292 e. The Morgan fingerprint density at radius 2 is 1.26 bits per heavy atom. The molecule has 2 nitrogen and oxygen atoms in total. The van der Waals surface area contributed by atoms with Gasteiger partial charge in [0.05, 0.1) is 0 Å². The Kier molecular flexibility index (Phi) is 5.53. The molecule has 0 bridgehead atoms. The quantitative estimate of drug-likeness (QED) is 0.753. The van der Waals surface area contributed by atoms with Crippen LogP contribution in [0.3, 0.4) is 0 Å². The highest BCUT2D eigenvalue weighted by Gasteiger charge is 2.07. The van der Waals surface area contributed by atoms with Crippen LogP contribution in [-0.2, 0) is 18.0 Å². The van der Waals surface area contributed by atoms with Crippen molar-refractivity contribution in [1.29, 1.82) is 0 Å². The van der Waals surface area contributed by atoms with E-state index in [9.17, 15) is 4.53 Å². The van der Waals surface area contributed by atoms with Gasteiger partial charge in [0.15, 0.2) is 0 Å². The second kappa shape index (κ2) is 7.67. The summed E-state index contributed by atoms with van der Waals surface area (Å²) in [6.07, 6.45) is 0. The number of hydrogen-bond acceptors (Lipinski definition) is 2. The molecule has 0 amide bonds. The van der Waals surface area contributed by atoms with Crippen LogP contribution in [-0.4, -0.2) is 18.1 Å². The molecule has 0 saturated carbocycles. The average molecular weight is 259 g/mol. The van der Waals surface area contributed by atoms with Crippen LogP contribution >= 0.6 is 0 Å². The molecular formula is C16H18FNO. The van der Waals surface area contributed by atoms with Crippen LogP contribution in [0.4, 0.5) is 4.53 Å². The zero-order valence-corrected chi connectivity index (χ0v) is 10.8. The van der Waals surface area contributed by atoms with Gasteiger partial charge in [0, 0.05) is 19.6 Å². The van der Waals surface area contributed by atoms with Crippen LogP contribution in [0.2, 0.25) is 0 Å². The molecule has 0 fully saturated rings. The van der Waals surface area contributed by atoms with Crippen molar-refractivity contribution in [2.75, 3.05) is 13.2 Å². The zero-order chi connectivity index (χ0) is 13.3. The lowest BCUT2D eigenvalue weighted by atomic mass is 10.1. The topological polar surface area (TPSA) is 12.5 Å². The fourth-order valence-electron chi connectivity index (χ4n) is 2.06. The molecule has 0 aliphatic rings. The van der Waals surface area contributed by atoms with Crippen molar-refractivity contribution < 1.29 is 9.47 Å². The van der Waals surface area contributed by atoms with Gasteiger partial charge in [0.1, 0.15) is 6.61 Å². The lowest BCUT2D eigenvalue weighted by Crippen LogP contribution is -2.26. The van der Waals surface area contributed by atoms with Gasteiger partial charge in [-0.25, -0.2) is 0 Å². The van der Waals surface area contributed by atoms with Crippen molar-refractivity contribution >= 4 is 0 Å². The number of hydrogen-bond donors (Lipinski definition) is 0. The predicted molar refractivity (Wildman–Crippen MR) is 74.1 cm³/mol. The summed E-state index contributed by atoms with van der Waals surface area (Å²) in [4.78, 5) is 5.88. The number of rotatable bonds is 7. The van der Waals surface area contributed by atoms with Crippen molar-refractivity contribution in [2.24, 2.45) is 0 Å². The summed E-state index contributed by atoms with van der Waals surface area (Å²) < 4.78 is 11.9. The highest BCUT2D eigenvalue weighted by Crippen LogP contribution is 2.09. The summed E-state index contributed by atoms with van der Waals surface area (Å²) in [6.45, 7) is 2.25. The number of benzene rings is 2. The second-order valence-electron chi connectivity index (χ2n) is 4.50. The lowest BCUT2D eigenvalue weighted by Gasteiger charge is -2.21. The molecule has 0 spiro atoms. The molecule has 0 N–H and O–H groups in total. The van der Waals surface area contributed by atoms with E-state index >= 15 is 0 Å². The molecule has 0 heterocycles. The van der Waals surface area contributed by atoms with E-state index in [4.69, 9.17) is 0 Å². The van der Waals surface area contributed by atoms with Crippen LogP contribution in [0.1, 0.15) is 11.1 Å². The molecule has 0 radical (unpaired) electrons. The van der Waals surface area contributed by atoms with Gasteiger partial charge in [0.25, 0.3) is 0 Å². The summed E-state index contributed by atoms with van der Waals surface area (Å²) in [6, 6.07) is 20.4. The Labute approximate surface area is 113 Å². The minimum atomic E-state index is 0.0969. The van der Waals surface area contributed by atoms with E-state index in [0.717, 1.165) is 13.1 Å². The average Bonchev–Trinajstić information content (AvgIpc) is 2.47. The summed E-state index contributed by atoms with van der Waals surface area (Å²) in [7, 11) is 0. The van der Waals surface area contributed by atoms with Crippen molar-refractivity contribution in [3.05, 3.63) is 71.8 Å². The third kappa shape index (κ3) is 4.81. The maximum absolute atomic E-state index is 11.9. The van der Waals surface area contributed by atoms with E-state index in [-0.39, 0.29) is 6.61 Å². The van der Waals surface area contributed by atoms with Crippen molar-refractivity contribution in [3.63, 3.8) is 0 Å². The maximum Gasteiger partial charge on any atom is 0.100 e. The normalized spacial score (nSPS) is 10.8. The van der Waals surface area contributed by atoms with Gasteiger partial charge >= 0.3 is 0 Å². The molecule has 2 aromatic rings. The zero-order valence-electron chi connectivity index (χ0n) is 10.8. The Morgan fingerprint density at radius 3 is 1.68 bits per heavy atom. The standard InChI is InChI=1S/C16H18FNO/c17-19-12-11-18(13-15-7-3-1-4-8-15)14-16-9-5-2-6-10-16/h1-10H,11-14H2. The maximum atomic E-state index is 11.9. The first kappa shape index (κ1) is 13.7. The fraction of sp³-hybridized carbons (Fsp3) is 0.250. The van der Waals surface area contributed by atoms with Crippen LogP contribution in [0.25, 0.3) is 0 Å². The van der Waals surface area contributed by atoms with Gasteiger partial charge in [-0.3, -0.25) is 4.90 Å². The summed E-state index contributed by atoms with van der Waals surface area (Å²) in [5.74, 6) is 0. The Hall–Kier alpha value is -1.71. The molecule has 0 unspecified atom stereocenters. The molecule has 0 saturated heterocycles. The van der Waals surface area contributed by atoms with Gasteiger partial charge in [-0.2, -0.15) is 4.94 Å². The second-order valence-corrected chi connectivity index (χ2v) is 4.50. The van der Waals surface area contributed by atoms with E-state index in [0.29, 0.717) is 6.54 Å². The summed E-state index contributed by atoms with van der Waals surface area (Å²) in [5, 5.41) is 0. The summed E-state index contributed by atoms with van der Waals surface area (Å²) >= 11 is 0. The first-order valence-electron chi connectivity index (χ1n) is 6.42. The molecule has 2 aromatic carbocycles. The van der Waals surface area contributed by atoms with Gasteiger partial charge in [0.2, 0.25) is 0 Å². The molecule has 3 heteroatoms. The number of nitrogens with zero attached hydrogens (tertiary/aromatic N) is 1. The van der Waals surface area contributed by atoms with Crippen LogP contribution in [0, 0.1) is 0 Å². The minimum Gasteiger partial charge on any atom is -0.292 e. The van der Waals surface area contributed by atoms with Gasteiger partial charge in [-0.15, -0.1) is 0 Å². The molecular weight excluding hydrogens is 241 g/mol. The molecule has 19 heavy (non-hydrogen) atoms. The van der Waals surface area contributed by atoms with E-state index in [1.807, 2.05) is 36.4 Å². The van der Waals surface area contributed by atoms with Crippen LogP contribution in [0.5, 0.6) is 0 Å². The monoisotopic (exact) mass is 259 g/mol. The summed E-state index contributed by atoms with van der Waals surface area (Å²) in [5.41, 5.74) is 2.44. The van der Waals surface area contributed by atoms with E-state index in [2.05, 4.69) is 34.1 Å². The van der Waals surface area contributed by atoms with E-state index < -0.39 is 0 Å². The van der Waals surface area contributed by atoms with Crippen molar-refractivity contribution in [3.8, 4) is 0 Å². The minimum absolute atomic E-state index is 0.0969. The van der Waals surface area contributed by atoms with Gasteiger partial charge < -0.3 is 0 Å². The molecule has 0 atom stereocenters. The van der Waals surface area contributed by atoms with Crippen molar-refractivity contribution in [1.82, 2.24) is 4.90 Å². The highest BCUT2D eigenvalue weighted by atomic mass is 19.3. The Bertz CT molecular complexity index is 419. The smallest absolute Gasteiger partial charge is 0.100 e. The molecule has 100 valence electrons. The third-order valence-electron chi connectivity index (χ3n) is 2.98.